The fourth-order valence-electron chi connectivity index (χ4n) is 5.77. The van der Waals surface area contributed by atoms with Crippen LogP contribution < -0.4 is 16.2 Å². The average molecular weight is 587 g/mol. The lowest BCUT2D eigenvalue weighted by molar-refractivity contribution is -0.130. The monoisotopic (exact) mass is 586 g/mol. The van der Waals surface area contributed by atoms with Crippen LogP contribution in [0.1, 0.15) is 54.5 Å². The number of aromatic hydroxyl groups is 1. The van der Waals surface area contributed by atoms with Gasteiger partial charge in [0.1, 0.15) is 11.6 Å². The van der Waals surface area contributed by atoms with Crippen LogP contribution in [0.25, 0.3) is 0 Å². The van der Waals surface area contributed by atoms with Gasteiger partial charge in [-0.2, -0.15) is 0 Å². The minimum Gasteiger partial charge on any atom is -0.501 e. The van der Waals surface area contributed by atoms with Crippen molar-refractivity contribution in [3.8, 4) is 5.75 Å². The number of halogens is 1. The van der Waals surface area contributed by atoms with Gasteiger partial charge in [0, 0.05) is 59.8 Å². The molecule has 3 N–H and O–H groups in total. The fourth-order valence-corrected chi connectivity index (χ4v) is 5.77. The van der Waals surface area contributed by atoms with Crippen molar-refractivity contribution < 1.29 is 28.6 Å². The second kappa shape index (κ2) is 13.9. The van der Waals surface area contributed by atoms with Crippen molar-refractivity contribution >= 4 is 18.2 Å². The number of fused-ring (bicyclic) bond motifs is 2. The molecule has 1 aliphatic carbocycles. The number of hydrogen-bond donors (Lipinski definition) is 3. The zero-order valence-corrected chi connectivity index (χ0v) is 24.1. The van der Waals surface area contributed by atoms with Crippen molar-refractivity contribution in [1.29, 1.82) is 0 Å². The van der Waals surface area contributed by atoms with Gasteiger partial charge in [0.15, 0.2) is 5.69 Å². The number of ether oxygens (including phenoxy) is 1. The lowest BCUT2D eigenvalue weighted by Crippen LogP contribution is -2.48. The molecule has 1 saturated heterocycles. The smallest absolute Gasteiger partial charge is 0.296 e. The molecule has 0 radical (unpaired) electrons. The summed E-state index contributed by atoms with van der Waals surface area (Å²) in [4.78, 5) is 56.3. The molecule has 1 aromatic heterocycles. The first-order valence-corrected chi connectivity index (χ1v) is 14.2. The number of hydrogen-bond acceptors (Lipinski definition) is 8. The molecule has 3 aliphatic heterocycles. The van der Waals surface area contributed by atoms with Crippen molar-refractivity contribution in [3.63, 3.8) is 0 Å². The van der Waals surface area contributed by atoms with Crippen molar-refractivity contribution in [3.05, 3.63) is 57.5 Å². The van der Waals surface area contributed by atoms with Gasteiger partial charge >= 0.3 is 0 Å². The summed E-state index contributed by atoms with van der Waals surface area (Å²) in [5, 5.41) is 15.8. The molecule has 13 heteroatoms. The maximum Gasteiger partial charge on any atom is 0.296 e. The second-order valence-corrected chi connectivity index (χ2v) is 11.0. The number of piperazine rings is 1. The summed E-state index contributed by atoms with van der Waals surface area (Å²) in [7, 11) is 1.71. The maximum absolute atomic E-state index is 13.0. The zero-order chi connectivity index (χ0) is 30.3. The predicted molar refractivity (Wildman–Crippen MR) is 151 cm³/mol. The number of aromatic nitrogens is 2. The van der Waals surface area contributed by atoms with Gasteiger partial charge in [-0.05, 0) is 49.3 Å². The second-order valence-electron chi connectivity index (χ2n) is 11.0. The van der Waals surface area contributed by atoms with E-state index >= 15 is 0 Å². The van der Waals surface area contributed by atoms with Crippen LogP contribution >= 0.6 is 0 Å². The Labute approximate surface area is 243 Å². The molecule has 6 rings (SSSR count). The molecule has 2 fully saturated rings. The van der Waals surface area contributed by atoms with E-state index in [9.17, 15) is 28.7 Å². The topological polar surface area (TPSA) is 146 Å². The predicted octanol–water partition coefficient (Wildman–Crippen LogP) is 0.960. The van der Waals surface area contributed by atoms with Crippen LogP contribution in [0, 0.1) is 11.7 Å². The number of amides is 3. The number of nitrogens with one attached hydrogen (secondary N) is 2. The van der Waals surface area contributed by atoms with Crippen LogP contribution in [-0.2, 0) is 33.0 Å². The molecule has 4 heterocycles. The van der Waals surface area contributed by atoms with Crippen LogP contribution in [0.2, 0.25) is 0 Å². The molecule has 12 nitrogen and oxygen atoms in total. The van der Waals surface area contributed by atoms with E-state index in [2.05, 4.69) is 20.5 Å². The third-order valence-corrected chi connectivity index (χ3v) is 8.32. The fraction of sp³-hybridized carbons (Fsp3) is 0.552. The number of rotatable bonds is 8. The van der Waals surface area contributed by atoms with E-state index in [4.69, 9.17) is 4.74 Å². The molecular formula is C29H39FN6O6. The first-order chi connectivity index (χ1) is 20.2. The van der Waals surface area contributed by atoms with E-state index in [0.29, 0.717) is 37.2 Å². The Morgan fingerprint density at radius 2 is 1.83 bits per heavy atom. The Hall–Kier alpha value is -3.84. The average Bonchev–Trinajstić information content (AvgIpc) is 3.24. The first kappa shape index (κ1) is 31.1. The summed E-state index contributed by atoms with van der Waals surface area (Å²) >= 11 is 0. The SMILES string of the molecule is COCCN1CCN(C(C)=O)CC1.O=CNC12CCC(CC1)Cn1c2nc(C(=O)NCc2ccc(F)cc2)c(O)c1=O. The number of benzene rings is 1. The number of carbonyl (C=O) groups excluding carboxylic acids is 3. The highest BCUT2D eigenvalue weighted by molar-refractivity contribution is 5.94. The highest BCUT2D eigenvalue weighted by Crippen LogP contribution is 2.42. The minimum absolute atomic E-state index is 0.0818. The molecule has 42 heavy (non-hydrogen) atoms. The molecule has 3 amide bonds. The highest BCUT2D eigenvalue weighted by Gasteiger charge is 2.44. The molecule has 0 spiro atoms. The van der Waals surface area contributed by atoms with Gasteiger partial charge in [0.05, 0.1) is 12.1 Å². The zero-order valence-electron chi connectivity index (χ0n) is 24.1. The molecule has 4 aliphatic rings. The lowest BCUT2D eigenvalue weighted by Gasteiger charge is -2.35. The molecule has 0 unspecified atom stereocenters. The molecule has 1 aromatic carbocycles. The van der Waals surface area contributed by atoms with Crippen LogP contribution in [0.5, 0.6) is 5.75 Å². The van der Waals surface area contributed by atoms with Gasteiger partial charge in [-0.3, -0.25) is 28.6 Å². The van der Waals surface area contributed by atoms with E-state index in [1.54, 1.807) is 14.0 Å². The summed E-state index contributed by atoms with van der Waals surface area (Å²) < 4.78 is 19.4. The largest absolute Gasteiger partial charge is 0.501 e. The van der Waals surface area contributed by atoms with E-state index in [-0.39, 0.29) is 29.9 Å². The summed E-state index contributed by atoms with van der Waals surface area (Å²) in [6.45, 7) is 7.53. The molecule has 2 aromatic rings. The Balaban J connectivity index is 0.000000262. The Kier molecular flexibility index (Phi) is 10.3. The maximum atomic E-state index is 13.0. The summed E-state index contributed by atoms with van der Waals surface area (Å²) in [5.74, 6) is -1.07. The van der Waals surface area contributed by atoms with Gasteiger partial charge in [0.25, 0.3) is 11.5 Å². The molecular weight excluding hydrogens is 547 g/mol. The van der Waals surface area contributed by atoms with Crippen molar-refractivity contribution in [1.82, 2.24) is 30.0 Å². The normalized spacial score (nSPS) is 21.4. The summed E-state index contributed by atoms with van der Waals surface area (Å²) in [6.07, 6.45) is 3.45. The molecule has 1 saturated carbocycles. The van der Waals surface area contributed by atoms with Gasteiger partial charge in [-0.25, -0.2) is 9.37 Å². The van der Waals surface area contributed by atoms with Gasteiger partial charge < -0.3 is 25.4 Å². The van der Waals surface area contributed by atoms with E-state index in [1.807, 2.05) is 4.90 Å². The highest BCUT2D eigenvalue weighted by atomic mass is 19.1. The standard InChI is InChI=1S/C20H21FN4O4.C9H18N2O2/c21-14-3-1-12(2-4-14)9-22-17(28)15-16(27)18(29)25-10-13-5-7-20(8-6-13,23-11-26)19(25)24-15;1-9(12)11-5-3-10(4-6-11)7-8-13-2/h1-4,11,13,27H,5-10H2,(H,22,28)(H,23,26);3-8H2,1-2H3. The van der Waals surface area contributed by atoms with Gasteiger partial charge in [-0.1, -0.05) is 12.1 Å². The quantitative estimate of drug-likeness (QED) is 0.388. The number of nitrogens with zero attached hydrogens (tertiary/aromatic N) is 4. The first-order valence-electron chi connectivity index (χ1n) is 14.2. The molecule has 0 atom stereocenters. The Bertz CT molecular complexity index is 1320. The summed E-state index contributed by atoms with van der Waals surface area (Å²) in [5.41, 5.74) is -1.23. The van der Waals surface area contributed by atoms with E-state index in [0.717, 1.165) is 52.2 Å². The van der Waals surface area contributed by atoms with E-state index < -0.39 is 22.8 Å². The lowest BCUT2D eigenvalue weighted by atomic mass is 9.77. The summed E-state index contributed by atoms with van der Waals surface area (Å²) in [6, 6.07) is 5.60. The van der Waals surface area contributed by atoms with Crippen molar-refractivity contribution in [2.45, 2.75) is 51.2 Å². The van der Waals surface area contributed by atoms with Crippen LogP contribution in [-0.4, -0.2) is 89.1 Å². The third kappa shape index (κ3) is 7.13. The van der Waals surface area contributed by atoms with Crippen LogP contribution in [0.3, 0.4) is 0 Å². The van der Waals surface area contributed by atoms with Crippen molar-refractivity contribution in [2.24, 2.45) is 5.92 Å². The van der Waals surface area contributed by atoms with Crippen molar-refractivity contribution in [2.75, 3.05) is 46.4 Å². The molecule has 2 bridgehead atoms. The number of methoxy groups -OCH3 is 1. The third-order valence-electron chi connectivity index (χ3n) is 8.32. The van der Waals surface area contributed by atoms with Crippen LogP contribution in [0.15, 0.2) is 29.1 Å². The molecule has 228 valence electrons. The Morgan fingerprint density at radius 3 is 2.43 bits per heavy atom. The van der Waals surface area contributed by atoms with Gasteiger partial charge in [0.2, 0.25) is 18.1 Å². The number of carbonyl (C=O) groups is 3. The minimum atomic E-state index is -0.826. The van der Waals surface area contributed by atoms with E-state index in [1.165, 1.54) is 28.8 Å². The van der Waals surface area contributed by atoms with Crippen LogP contribution in [0.4, 0.5) is 4.39 Å². The Morgan fingerprint density at radius 1 is 1.17 bits per heavy atom. The van der Waals surface area contributed by atoms with Gasteiger partial charge in [-0.15, -0.1) is 0 Å².